The number of hydrogen-bond donors (Lipinski definition) is 2. The molecule has 0 saturated carbocycles. The van der Waals surface area contributed by atoms with Gasteiger partial charge in [-0.25, -0.2) is 9.37 Å². The number of rotatable bonds is 4. The Labute approximate surface area is 126 Å². The van der Waals surface area contributed by atoms with Crippen LogP contribution in [0.5, 0.6) is 0 Å². The normalized spacial score (nSPS) is 10.5. The maximum Gasteiger partial charge on any atom is 0.230 e. The van der Waals surface area contributed by atoms with Crippen molar-refractivity contribution in [2.24, 2.45) is 0 Å². The van der Waals surface area contributed by atoms with Gasteiger partial charge >= 0.3 is 0 Å². The third-order valence-corrected chi connectivity index (χ3v) is 2.84. The van der Waals surface area contributed by atoms with E-state index >= 15 is 0 Å². The lowest BCUT2D eigenvalue weighted by molar-refractivity contribution is 0.400. The predicted molar refractivity (Wildman–Crippen MR) is 81.0 cm³/mol. The number of halogens is 1. The van der Waals surface area contributed by atoms with Crippen LogP contribution in [0.1, 0.15) is 11.5 Å². The number of anilines is 4. The lowest BCUT2D eigenvalue weighted by Gasteiger charge is -2.08. The van der Waals surface area contributed by atoms with E-state index in [0.29, 0.717) is 23.3 Å². The first kappa shape index (κ1) is 14.0. The Kier molecular flexibility index (Phi) is 3.69. The molecule has 6 nitrogen and oxygen atoms in total. The van der Waals surface area contributed by atoms with Crippen molar-refractivity contribution in [1.82, 2.24) is 15.1 Å². The van der Waals surface area contributed by atoms with E-state index in [-0.39, 0.29) is 5.82 Å². The van der Waals surface area contributed by atoms with Crippen molar-refractivity contribution >= 4 is 23.3 Å². The molecule has 0 fully saturated rings. The van der Waals surface area contributed by atoms with Gasteiger partial charge in [0.15, 0.2) is 5.82 Å². The van der Waals surface area contributed by atoms with Crippen molar-refractivity contribution in [1.29, 1.82) is 0 Å². The molecule has 2 aromatic heterocycles. The van der Waals surface area contributed by atoms with Gasteiger partial charge in [0.1, 0.15) is 17.4 Å². The number of hydrogen-bond acceptors (Lipinski definition) is 6. The van der Waals surface area contributed by atoms with Gasteiger partial charge in [-0.05, 0) is 38.1 Å². The molecule has 1 aromatic carbocycles. The number of nitrogens with zero attached hydrogens (tertiary/aromatic N) is 3. The highest BCUT2D eigenvalue weighted by Gasteiger charge is 2.06. The molecule has 0 aliphatic heterocycles. The van der Waals surface area contributed by atoms with E-state index < -0.39 is 0 Å². The van der Waals surface area contributed by atoms with Crippen LogP contribution in [0.3, 0.4) is 0 Å². The molecule has 0 saturated heterocycles. The van der Waals surface area contributed by atoms with E-state index in [0.717, 1.165) is 11.4 Å². The van der Waals surface area contributed by atoms with Gasteiger partial charge in [-0.3, -0.25) is 0 Å². The average molecular weight is 299 g/mol. The minimum Gasteiger partial charge on any atom is -0.360 e. The largest absolute Gasteiger partial charge is 0.360 e. The Morgan fingerprint density at radius 2 is 1.73 bits per heavy atom. The van der Waals surface area contributed by atoms with Gasteiger partial charge in [0.05, 0.1) is 0 Å². The Balaban J connectivity index is 1.81. The van der Waals surface area contributed by atoms with E-state index in [4.69, 9.17) is 4.52 Å². The molecule has 0 aliphatic rings. The van der Waals surface area contributed by atoms with Crippen molar-refractivity contribution < 1.29 is 8.91 Å². The molecule has 22 heavy (non-hydrogen) atoms. The van der Waals surface area contributed by atoms with Gasteiger partial charge in [-0.1, -0.05) is 5.16 Å². The predicted octanol–water partition coefficient (Wildman–Crippen LogP) is 3.71. The molecule has 0 aliphatic carbocycles. The lowest BCUT2D eigenvalue weighted by atomic mass is 10.3. The summed E-state index contributed by atoms with van der Waals surface area (Å²) in [6.07, 6.45) is 0. The minimum atomic E-state index is -0.284. The highest BCUT2D eigenvalue weighted by molar-refractivity contribution is 5.58. The first-order chi connectivity index (χ1) is 10.6. The molecule has 0 spiro atoms. The molecule has 0 unspecified atom stereocenters. The molecule has 0 radical (unpaired) electrons. The number of nitrogens with one attached hydrogen (secondary N) is 2. The second kappa shape index (κ2) is 5.80. The van der Waals surface area contributed by atoms with Gasteiger partial charge in [0.25, 0.3) is 0 Å². The highest BCUT2D eigenvalue weighted by Crippen LogP contribution is 2.19. The third kappa shape index (κ3) is 3.38. The SMILES string of the molecule is Cc1cc(Nc2ccc(F)cc2)nc(Nc2cc(C)on2)n1. The molecule has 0 bridgehead atoms. The van der Waals surface area contributed by atoms with E-state index in [2.05, 4.69) is 25.8 Å². The molecule has 112 valence electrons. The molecule has 3 aromatic rings. The smallest absolute Gasteiger partial charge is 0.230 e. The van der Waals surface area contributed by atoms with Crippen molar-refractivity contribution in [2.75, 3.05) is 10.6 Å². The highest BCUT2D eigenvalue weighted by atomic mass is 19.1. The van der Waals surface area contributed by atoms with E-state index in [9.17, 15) is 4.39 Å². The van der Waals surface area contributed by atoms with Crippen LogP contribution < -0.4 is 10.6 Å². The first-order valence-electron chi connectivity index (χ1n) is 6.67. The summed E-state index contributed by atoms with van der Waals surface area (Å²) in [5, 5.41) is 9.91. The Hall–Kier alpha value is -2.96. The van der Waals surface area contributed by atoms with E-state index in [1.54, 1.807) is 31.2 Å². The third-order valence-electron chi connectivity index (χ3n) is 2.84. The minimum absolute atomic E-state index is 0.284. The van der Waals surface area contributed by atoms with Crippen molar-refractivity contribution in [3.63, 3.8) is 0 Å². The summed E-state index contributed by atoms with van der Waals surface area (Å²) in [6.45, 7) is 3.66. The van der Waals surface area contributed by atoms with Crippen molar-refractivity contribution in [3.8, 4) is 0 Å². The fraction of sp³-hybridized carbons (Fsp3) is 0.133. The standard InChI is InChI=1S/C15H14FN5O/c1-9-7-13(18-12-5-3-11(16)4-6-12)19-15(17-9)20-14-8-10(2)22-21-14/h3-8H,1-2H3,(H2,17,18,19,20,21). The molecule has 3 rings (SSSR count). The lowest BCUT2D eigenvalue weighted by Crippen LogP contribution is -2.02. The molecule has 7 heteroatoms. The van der Waals surface area contributed by atoms with Crippen LogP contribution >= 0.6 is 0 Å². The van der Waals surface area contributed by atoms with Gasteiger partial charge in [-0.15, -0.1) is 0 Å². The topological polar surface area (TPSA) is 75.9 Å². The van der Waals surface area contributed by atoms with E-state index in [1.165, 1.54) is 12.1 Å². The average Bonchev–Trinajstić information content (AvgIpc) is 2.86. The second-order valence-electron chi connectivity index (χ2n) is 4.80. The van der Waals surface area contributed by atoms with Crippen LogP contribution in [-0.4, -0.2) is 15.1 Å². The van der Waals surface area contributed by atoms with E-state index in [1.807, 2.05) is 6.92 Å². The summed E-state index contributed by atoms with van der Waals surface area (Å²) in [6, 6.07) is 9.59. The van der Waals surface area contributed by atoms with Crippen molar-refractivity contribution in [3.05, 3.63) is 53.7 Å². The fourth-order valence-corrected chi connectivity index (χ4v) is 1.91. The van der Waals surface area contributed by atoms with Crippen LogP contribution in [0.25, 0.3) is 0 Å². The summed E-state index contributed by atoms with van der Waals surface area (Å²) in [5.41, 5.74) is 1.52. The van der Waals surface area contributed by atoms with Gasteiger partial charge < -0.3 is 15.2 Å². The van der Waals surface area contributed by atoms with Crippen LogP contribution in [0.4, 0.5) is 27.7 Å². The quantitative estimate of drug-likeness (QED) is 0.765. The van der Waals surface area contributed by atoms with Crippen LogP contribution in [0.2, 0.25) is 0 Å². The summed E-state index contributed by atoms with van der Waals surface area (Å²) in [4.78, 5) is 8.64. The van der Waals surface area contributed by atoms with Gasteiger partial charge in [0.2, 0.25) is 5.95 Å². The van der Waals surface area contributed by atoms with Crippen LogP contribution in [0.15, 0.2) is 40.9 Å². The Morgan fingerprint density at radius 3 is 2.41 bits per heavy atom. The molecule has 0 atom stereocenters. The molecule has 2 heterocycles. The molecule has 0 amide bonds. The second-order valence-corrected chi connectivity index (χ2v) is 4.80. The fourth-order valence-electron chi connectivity index (χ4n) is 1.91. The number of benzene rings is 1. The maximum atomic E-state index is 12.9. The Morgan fingerprint density at radius 1 is 0.955 bits per heavy atom. The van der Waals surface area contributed by atoms with Gasteiger partial charge in [0, 0.05) is 23.5 Å². The number of aryl methyl sites for hydroxylation is 2. The summed E-state index contributed by atoms with van der Waals surface area (Å²) < 4.78 is 17.9. The number of aromatic nitrogens is 3. The Bertz CT molecular complexity index is 785. The monoisotopic (exact) mass is 299 g/mol. The maximum absolute atomic E-state index is 12.9. The summed E-state index contributed by atoms with van der Waals surface area (Å²) in [7, 11) is 0. The zero-order chi connectivity index (χ0) is 15.5. The molecular formula is C15H14FN5O. The molecular weight excluding hydrogens is 285 g/mol. The van der Waals surface area contributed by atoms with Crippen LogP contribution in [0, 0.1) is 19.7 Å². The summed E-state index contributed by atoms with van der Waals surface area (Å²) in [5.74, 6) is 1.95. The van der Waals surface area contributed by atoms with Gasteiger partial charge in [-0.2, -0.15) is 4.98 Å². The van der Waals surface area contributed by atoms with Crippen molar-refractivity contribution in [2.45, 2.75) is 13.8 Å². The molecule has 2 N–H and O–H groups in total. The summed E-state index contributed by atoms with van der Waals surface area (Å²) >= 11 is 0. The van der Waals surface area contributed by atoms with Crippen LogP contribution in [-0.2, 0) is 0 Å². The zero-order valence-corrected chi connectivity index (χ0v) is 12.1. The zero-order valence-electron chi connectivity index (χ0n) is 12.1. The first-order valence-corrected chi connectivity index (χ1v) is 6.67.